The third kappa shape index (κ3) is 2.48. The minimum Gasteiger partial charge on any atom is -0.504 e. The van der Waals surface area contributed by atoms with Crippen molar-refractivity contribution in [2.75, 3.05) is 19.2 Å². The van der Waals surface area contributed by atoms with Gasteiger partial charge in [0.1, 0.15) is 0 Å². The Labute approximate surface area is 173 Å². The number of fused-ring (bicyclic) bond motifs is 6. The normalized spacial score (nSPS) is 13.7. The van der Waals surface area contributed by atoms with Gasteiger partial charge in [-0.1, -0.05) is 15.9 Å². The monoisotopic (exact) mass is 457 g/mol. The van der Waals surface area contributed by atoms with Crippen LogP contribution < -0.4 is 19.8 Å². The topological polar surface area (TPSA) is 87.0 Å². The van der Waals surface area contributed by atoms with Crippen molar-refractivity contribution in [3.63, 3.8) is 0 Å². The van der Waals surface area contributed by atoms with Gasteiger partial charge < -0.3 is 23.9 Å². The molecule has 29 heavy (non-hydrogen) atoms. The number of hydrogen-bond donors (Lipinski definition) is 1. The summed E-state index contributed by atoms with van der Waals surface area (Å²) in [6, 6.07) is 6.32. The number of phenols is 1. The zero-order valence-corrected chi connectivity index (χ0v) is 17.0. The van der Waals surface area contributed by atoms with Crippen molar-refractivity contribution in [1.29, 1.82) is 0 Å². The van der Waals surface area contributed by atoms with Gasteiger partial charge in [-0.05, 0) is 30.7 Å². The molecule has 3 aromatic rings. The molecule has 1 aliphatic carbocycles. The number of aromatic nitrogens is 1. The lowest BCUT2D eigenvalue weighted by Gasteiger charge is -2.15. The van der Waals surface area contributed by atoms with Gasteiger partial charge in [0.2, 0.25) is 6.79 Å². The summed E-state index contributed by atoms with van der Waals surface area (Å²) >= 11 is 3.41. The van der Waals surface area contributed by atoms with Crippen molar-refractivity contribution in [1.82, 2.24) is 4.57 Å². The Bertz CT molecular complexity index is 1260. The maximum Gasteiger partial charge on any atom is 0.259 e. The van der Waals surface area contributed by atoms with Crippen LogP contribution in [0.15, 0.2) is 29.1 Å². The van der Waals surface area contributed by atoms with Crippen molar-refractivity contribution in [2.45, 2.75) is 13.0 Å². The molecule has 0 amide bonds. The van der Waals surface area contributed by atoms with Crippen LogP contribution in [0.3, 0.4) is 0 Å². The second-order valence-electron chi connectivity index (χ2n) is 6.87. The number of rotatable bonds is 4. The van der Waals surface area contributed by atoms with Crippen molar-refractivity contribution < 1.29 is 24.1 Å². The Morgan fingerprint density at radius 1 is 1.10 bits per heavy atom. The quantitative estimate of drug-likeness (QED) is 0.472. The summed E-state index contributed by atoms with van der Waals surface area (Å²) in [5.74, 6) is 0.896. The number of benzene rings is 2. The number of halogens is 1. The highest BCUT2D eigenvalue weighted by Crippen LogP contribution is 2.46. The standard InChI is InChI=1S/C21H16BrNO6/c1-27-15-8-13-10(5-14(15)24)18-19(23(21(13)26)4-2-3-22)11-6-16-17(29-9-28-16)7-12(11)20(18)25/h5-8,24H,2-4,9H2,1H3. The zero-order valence-electron chi connectivity index (χ0n) is 15.5. The molecule has 2 aromatic carbocycles. The first kappa shape index (κ1) is 18.1. The summed E-state index contributed by atoms with van der Waals surface area (Å²) in [6.07, 6.45) is 0.709. The Kier molecular flexibility index (Phi) is 4.06. The highest BCUT2D eigenvalue weighted by molar-refractivity contribution is 9.09. The largest absolute Gasteiger partial charge is 0.504 e. The molecular weight excluding hydrogens is 442 g/mol. The number of ketones is 1. The Morgan fingerprint density at radius 3 is 2.52 bits per heavy atom. The molecule has 0 fully saturated rings. The van der Waals surface area contributed by atoms with E-state index in [1.165, 1.54) is 19.2 Å². The van der Waals surface area contributed by atoms with Crippen molar-refractivity contribution in [3.05, 3.63) is 45.7 Å². The van der Waals surface area contributed by atoms with Crippen LogP contribution in [0.5, 0.6) is 23.0 Å². The fraction of sp³-hybridized carbons (Fsp3) is 0.238. The van der Waals surface area contributed by atoms with Gasteiger partial charge in [0.05, 0.1) is 23.8 Å². The summed E-state index contributed by atoms with van der Waals surface area (Å²) in [7, 11) is 1.42. The average molecular weight is 458 g/mol. The molecule has 1 aliphatic heterocycles. The molecule has 7 nitrogen and oxygen atoms in total. The zero-order chi connectivity index (χ0) is 20.3. The lowest BCUT2D eigenvalue weighted by Crippen LogP contribution is -2.23. The van der Waals surface area contributed by atoms with Crippen molar-refractivity contribution in [3.8, 4) is 34.3 Å². The minimum atomic E-state index is -0.240. The summed E-state index contributed by atoms with van der Waals surface area (Å²) < 4.78 is 17.7. The van der Waals surface area contributed by atoms with E-state index in [1.807, 2.05) is 0 Å². The number of ether oxygens (including phenoxy) is 3. The molecule has 1 aromatic heterocycles. The number of carbonyl (C=O) groups excluding carboxylic acids is 1. The molecule has 0 bridgehead atoms. The third-order valence-electron chi connectivity index (χ3n) is 5.33. The maximum absolute atomic E-state index is 13.4. The van der Waals surface area contributed by atoms with Crippen LogP contribution in [0, 0.1) is 0 Å². The third-order valence-corrected chi connectivity index (χ3v) is 5.89. The van der Waals surface area contributed by atoms with Gasteiger partial charge in [0, 0.05) is 28.4 Å². The Morgan fingerprint density at radius 2 is 1.83 bits per heavy atom. The maximum atomic E-state index is 13.4. The first-order valence-electron chi connectivity index (χ1n) is 9.07. The molecule has 1 N–H and O–H groups in total. The van der Waals surface area contributed by atoms with E-state index in [0.717, 1.165) is 0 Å². The Hall–Kier alpha value is -3.00. The van der Waals surface area contributed by atoms with E-state index < -0.39 is 0 Å². The lowest BCUT2D eigenvalue weighted by atomic mass is 10.0. The lowest BCUT2D eigenvalue weighted by molar-refractivity contribution is 0.104. The van der Waals surface area contributed by atoms with E-state index in [4.69, 9.17) is 14.2 Å². The molecule has 0 atom stereocenters. The summed E-state index contributed by atoms with van der Waals surface area (Å²) in [5, 5.41) is 11.7. The molecule has 0 spiro atoms. The van der Waals surface area contributed by atoms with Gasteiger partial charge in [-0.2, -0.15) is 0 Å². The van der Waals surface area contributed by atoms with Gasteiger partial charge in [-0.3, -0.25) is 9.59 Å². The summed E-state index contributed by atoms with van der Waals surface area (Å²) in [5.41, 5.74) is 1.80. The SMILES string of the molecule is COc1cc2c(=O)n(CCCBr)c3c(c2cc1O)C(=O)c1cc2c(cc1-3)OCO2. The molecule has 148 valence electrons. The van der Waals surface area contributed by atoms with Crippen LogP contribution in [0.4, 0.5) is 0 Å². The number of carbonyl (C=O) groups is 1. The molecule has 2 heterocycles. The first-order chi connectivity index (χ1) is 14.0. The summed E-state index contributed by atoms with van der Waals surface area (Å²) in [6.45, 7) is 0.535. The molecule has 8 heteroatoms. The molecule has 0 unspecified atom stereocenters. The predicted octanol–water partition coefficient (Wildman–Crippen LogP) is 3.44. The highest BCUT2D eigenvalue weighted by Gasteiger charge is 2.35. The first-order valence-corrected chi connectivity index (χ1v) is 10.2. The Balaban J connectivity index is 1.90. The van der Waals surface area contributed by atoms with Crippen LogP contribution >= 0.6 is 15.9 Å². The van der Waals surface area contributed by atoms with E-state index in [-0.39, 0.29) is 29.6 Å². The molecule has 0 saturated carbocycles. The fourth-order valence-electron chi connectivity index (χ4n) is 4.03. The van der Waals surface area contributed by atoms with E-state index in [1.54, 1.807) is 16.7 Å². The number of nitrogens with zero attached hydrogens (tertiary/aromatic N) is 1. The number of aromatic hydroxyl groups is 1. The molecule has 2 aliphatic rings. The number of methoxy groups -OCH3 is 1. The number of phenolic OH excluding ortho intramolecular Hbond substituents is 1. The smallest absolute Gasteiger partial charge is 0.259 e. The van der Waals surface area contributed by atoms with Crippen LogP contribution in [0.2, 0.25) is 0 Å². The molecule has 5 rings (SSSR count). The van der Waals surface area contributed by atoms with Crippen LogP contribution in [-0.2, 0) is 6.54 Å². The fourth-order valence-corrected chi connectivity index (χ4v) is 4.28. The van der Waals surface area contributed by atoms with Gasteiger partial charge in [0.15, 0.2) is 28.8 Å². The molecule has 0 radical (unpaired) electrons. The van der Waals surface area contributed by atoms with E-state index >= 15 is 0 Å². The minimum absolute atomic E-state index is 0.0983. The van der Waals surface area contributed by atoms with Crippen LogP contribution in [0.25, 0.3) is 22.0 Å². The average Bonchev–Trinajstić information content (AvgIpc) is 3.28. The molecule has 0 saturated heterocycles. The van der Waals surface area contributed by atoms with E-state index in [0.29, 0.717) is 63.0 Å². The second kappa shape index (κ2) is 6.52. The van der Waals surface area contributed by atoms with Crippen LogP contribution in [0.1, 0.15) is 22.3 Å². The van der Waals surface area contributed by atoms with Gasteiger partial charge >= 0.3 is 0 Å². The molecular formula is C21H16BrNO6. The van der Waals surface area contributed by atoms with Gasteiger partial charge in [-0.25, -0.2) is 0 Å². The highest BCUT2D eigenvalue weighted by atomic mass is 79.9. The number of hydrogen-bond acceptors (Lipinski definition) is 6. The van der Waals surface area contributed by atoms with Gasteiger partial charge in [-0.15, -0.1) is 0 Å². The van der Waals surface area contributed by atoms with Crippen molar-refractivity contribution >= 4 is 32.5 Å². The van der Waals surface area contributed by atoms with E-state index in [9.17, 15) is 14.7 Å². The predicted molar refractivity (Wildman–Crippen MR) is 110 cm³/mol. The number of alkyl halides is 1. The van der Waals surface area contributed by atoms with Gasteiger partial charge in [0.25, 0.3) is 5.56 Å². The second-order valence-corrected chi connectivity index (χ2v) is 7.67. The van der Waals surface area contributed by atoms with E-state index in [2.05, 4.69) is 15.9 Å². The van der Waals surface area contributed by atoms with Crippen molar-refractivity contribution in [2.24, 2.45) is 0 Å². The summed E-state index contributed by atoms with van der Waals surface area (Å²) in [4.78, 5) is 26.7. The van der Waals surface area contributed by atoms with Crippen LogP contribution in [-0.4, -0.2) is 34.7 Å². The number of pyridine rings is 1.